The monoisotopic (exact) mass is 240 g/mol. The van der Waals surface area contributed by atoms with Crippen LogP contribution in [-0.2, 0) is 9.53 Å². The summed E-state index contributed by atoms with van der Waals surface area (Å²) >= 11 is 0. The molecule has 5 nitrogen and oxygen atoms in total. The van der Waals surface area contributed by atoms with Crippen LogP contribution in [0.5, 0.6) is 0 Å². The summed E-state index contributed by atoms with van der Waals surface area (Å²) in [5.74, 6) is 0.122. The van der Waals surface area contributed by atoms with Gasteiger partial charge < -0.3 is 20.1 Å². The number of morpholine rings is 1. The minimum atomic E-state index is -0.318. The molecular weight excluding hydrogens is 220 g/mol. The molecule has 5 heteroatoms. The standard InChI is InChI=1S/C12H20N2O3/c15-10-5-8-1-2-9(6-10)14(8)12(16)11-7-13-3-4-17-11/h8-11,13,15H,1-7H2. The van der Waals surface area contributed by atoms with E-state index >= 15 is 0 Å². The van der Waals surface area contributed by atoms with Crippen molar-refractivity contribution in [2.75, 3.05) is 19.7 Å². The fraction of sp³-hybridized carbons (Fsp3) is 0.917. The van der Waals surface area contributed by atoms with Crippen LogP contribution in [0.4, 0.5) is 0 Å². The molecule has 3 saturated heterocycles. The fourth-order valence-corrected chi connectivity index (χ4v) is 3.40. The Balaban J connectivity index is 1.69. The van der Waals surface area contributed by atoms with E-state index in [-0.39, 0.29) is 30.2 Å². The first-order chi connectivity index (χ1) is 8.25. The topological polar surface area (TPSA) is 61.8 Å². The molecule has 3 atom stereocenters. The SMILES string of the molecule is O=C(C1CNCCO1)N1C2CCC1CC(O)C2. The average Bonchev–Trinajstić information content (AvgIpc) is 2.62. The summed E-state index contributed by atoms with van der Waals surface area (Å²) in [6, 6.07) is 0.476. The third-order valence-electron chi connectivity index (χ3n) is 4.17. The predicted molar refractivity (Wildman–Crippen MR) is 61.5 cm³/mol. The second-order valence-corrected chi connectivity index (χ2v) is 5.32. The van der Waals surface area contributed by atoms with Gasteiger partial charge in [-0.3, -0.25) is 4.79 Å². The van der Waals surface area contributed by atoms with Crippen LogP contribution in [0.3, 0.4) is 0 Å². The number of aliphatic hydroxyl groups excluding tert-OH is 1. The number of hydrogen-bond acceptors (Lipinski definition) is 4. The van der Waals surface area contributed by atoms with E-state index < -0.39 is 0 Å². The largest absolute Gasteiger partial charge is 0.393 e. The molecule has 0 aromatic carbocycles. The molecule has 0 aliphatic carbocycles. The molecule has 3 unspecified atom stereocenters. The maximum Gasteiger partial charge on any atom is 0.253 e. The number of carbonyl (C=O) groups excluding carboxylic acids is 1. The second-order valence-electron chi connectivity index (χ2n) is 5.32. The summed E-state index contributed by atoms with van der Waals surface area (Å²) < 4.78 is 5.53. The first kappa shape index (κ1) is 11.4. The zero-order chi connectivity index (χ0) is 11.8. The van der Waals surface area contributed by atoms with Gasteiger partial charge in [0.2, 0.25) is 0 Å². The maximum atomic E-state index is 12.4. The van der Waals surface area contributed by atoms with Crippen molar-refractivity contribution in [3.63, 3.8) is 0 Å². The van der Waals surface area contributed by atoms with Crippen molar-refractivity contribution < 1.29 is 14.6 Å². The van der Waals surface area contributed by atoms with Crippen LogP contribution >= 0.6 is 0 Å². The van der Waals surface area contributed by atoms with Crippen molar-refractivity contribution in [3.05, 3.63) is 0 Å². The van der Waals surface area contributed by atoms with Crippen LogP contribution in [0.25, 0.3) is 0 Å². The molecule has 0 aromatic heterocycles. The maximum absolute atomic E-state index is 12.4. The van der Waals surface area contributed by atoms with Gasteiger partial charge in [-0.2, -0.15) is 0 Å². The number of amides is 1. The van der Waals surface area contributed by atoms with Gasteiger partial charge in [0.15, 0.2) is 0 Å². The van der Waals surface area contributed by atoms with E-state index in [0.717, 1.165) is 32.2 Å². The lowest BCUT2D eigenvalue weighted by molar-refractivity contribution is -0.151. The minimum Gasteiger partial charge on any atom is -0.393 e. The van der Waals surface area contributed by atoms with Crippen LogP contribution in [0.1, 0.15) is 25.7 Å². The summed E-state index contributed by atoms with van der Waals surface area (Å²) in [5.41, 5.74) is 0. The number of nitrogens with one attached hydrogen (secondary N) is 1. The molecule has 17 heavy (non-hydrogen) atoms. The molecule has 0 saturated carbocycles. The van der Waals surface area contributed by atoms with Gasteiger partial charge in [-0.15, -0.1) is 0 Å². The fourth-order valence-electron chi connectivity index (χ4n) is 3.40. The Morgan fingerprint density at radius 3 is 2.59 bits per heavy atom. The number of ether oxygens (including phenoxy) is 1. The van der Waals surface area contributed by atoms with Gasteiger partial charge in [0.25, 0.3) is 5.91 Å². The van der Waals surface area contributed by atoms with Crippen LogP contribution in [-0.4, -0.2) is 59.9 Å². The lowest BCUT2D eigenvalue weighted by Crippen LogP contribution is -2.55. The molecular formula is C12H20N2O3. The molecule has 1 amide bonds. The van der Waals surface area contributed by atoms with Gasteiger partial charge in [0, 0.05) is 25.2 Å². The summed E-state index contributed by atoms with van der Waals surface area (Å²) in [4.78, 5) is 14.4. The number of piperidine rings is 1. The molecule has 3 heterocycles. The Morgan fingerprint density at radius 2 is 2.00 bits per heavy atom. The number of nitrogens with zero attached hydrogens (tertiary/aromatic N) is 1. The molecule has 0 aromatic rings. The Kier molecular flexibility index (Phi) is 3.06. The molecule has 3 aliphatic heterocycles. The van der Waals surface area contributed by atoms with Crippen molar-refractivity contribution in [2.24, 2.45) is 0 Å². The predicted octanol–water partition coefficient (Wildman–Crippen LogP) is -0.511. The molecule has 3 rings (SSSR count). The van der Waals surface area contributed by atoms with Crippen LogP contribution < -0.4 is 5.32 Å². The van der Waals surface area contributed by atoms with E-state index in [2.05, 4.69) is 5.32 Å². The number of fused-ring (bicyclic) bond motifs is 2. The van der Waals surface area contributed by atoms with Gasteiger partial charge in [-0.25, -0.2) is 0 Å². The van der Waals surface area contributed by atoms with Gasteiger partial charge in [0.05, 0.1) is 12.7 Å². The molecule has 3 fully saturated rings. The smallest absolute Gasteiger partial charge is 0.253 e. The van der Waals surface area contributed by atoms with E-state index in [4.69, 9.17) is 4.74 Å². The van der Waals surface area contributed by atoms with E-state index in [1.54, 1.807) is 0 Å². The first-order valence-electron chi connectivity index (χ1n) is 6.58. The van der Waals surface area contributed by atoms with E-state index in [9.17, 15) is 9.90 Å². The molecule has 0 spiro atoms. The minimum absolute atomic E-state index is 0.122. The lowest BCUT2D eigenvalue weighted by Gasteiger charge is -2.39. The Bertz CT molecular complexity index is 290. The van der Waals surface area contributed by atoms with Crippen molar-refractivity contribution in [3.8, 4) is 0 Å². The Hall–Kier alpha value is -0.650. The summed E-state index contributed by atoms with van der Waals surface area (Å²) in [5, 5.41) is 12.9. The molecule has 3 aliphatic rings. The van der Waals surface area contributed by atoms with E-state index in [1.165, 1.54) is 0 Å². The molecule has 0 radical (unpaired) electrons. The van der Waals surface area contributed by atoms with Crippen LogP contribution in [0, 0.1) is 0 Å². The lowest BCUT2D eigenvalue weighted by atomic mass is 9.99. The third-order valence-corrected chi connectivity index (χ3v) is 4.17. The van der Waals surface area contributed by atoms with Gasteiger partial charge >= 0.3 is 0 Å². The summed E-state index contributed by atoms with van der Waals surface area (Å²) in [6.07, 6.45) is 3.01. The number of carbonyl (C=O) groups is 1. The van der Waals surface area contributed by atoms with E-state index in [0.29, 0.717) is 13.2 Å². The quantitative estimate of drug-likeness (QED) is 0.648. The van der Waals surface area contributed by atoms with Gasteiger partial charge in [0.1, 0.15) is 6.10 Å². The van der Waals surface area contributed by atoms with Crippen molar-refractivity contribution in [1.82, 2.24) is 10.2 Å². The average molecular weight is 240 g/mol. The van der Waals surface area contributed by atoms with Crippen LogP contribution in [0.2, 0.25) is 0 Å². The molecule has 96 valence electrons. The highest BCUT2D eigenvalue weighted by molar-refractivity contribution is 5.82. The van der Waals surface area contributed by atoms with Gasteiger partial charge in [-0.05, 0) is 25.7 Å². The normalized spacial score (nSPS) is 41.6. The number of hydrogen-bond donors (Lipinski definition) is 2. The van der Waals surface area contributed by atoms with Crippen LogP contribution in [0.15, 0.2) is 0 Å². The highest BCUT2D eigenvalue weighted by atomic mass is 16.5. The molecule has 2 bridgehead atoms. The number of aliphatic hydroxyl groups is 1. The first-order valence-corrected chi connectivity index (χ1v) is 6.58. The number of rotatable bonds is 1. The van der Waals surface area contributed by atoms with Gasteiger partial charge in [-0.1, -0.05) is 0 Å². The van der Waals surface area contributed by atoms with Crippen molar-refractivity contribution >= 4 is 5.91 Å². The zero-order valence-electron chi connectivity index (χ0n) is 9.97. The van der Waals surface area contributed by atoms with Crippen molar-refractivity contribution in [1.29, 1.82) is 0 Å². The third kappa shape index (κ3) is 2.07. The second kappa shape index (κ2) is 4.55. The summed E-state index contributed by atoms with van der Waals surface area (Å²) in [7, 11) is 0. The summed E-state index contributed by atoms with van der Waals surface area (Å²) in [6.45, 7) is 2.06. The Morgan fingerprint density at radius 1 is 1.29 bits per heavy atom. The molecule has 2 N–H and O–H groups in total. The van der Waals surface area contributed by atoms with E-state index in [1.807, 2.05) is 4.90 Å². The zero-order valence-corrected chi connectivity index (χ0v) is 9.97. The highest BCUT2D eigenvalue weighted by Gasteiger charge is 2.44. The Labute approximate surface area is 101 Å². The van der Waals surface area contributed by atoms with Crippen molar-refractivity contribution in [2.45, 2.75) is 50.0 Å². The highest BCUT2D eigenvalue weighted by Crippen LogP contribution is 2.36.